The van der Waals surface area contributed by atoms with Gasteiger partial charge in [-0.3, -0.25) is 9.69 Å². The van der Waals surface area contributed by atoms with Crippen LogP contribution in [0, 0.1) is 5.82 Å². The molecule has 0 aliphatic carbocycles. The standard InChI is InChI=1S/C20H18FNO4S2/c1-2-3-8-15(19(24)25)22-18(23)17(28-20(22)27)11-12-9-10-16(26-12)13-6-4-5-7-14(13)21/h4-7,9-11,15H,2-3,8H2,1H3,(H,24,25)/b17-11+. The molecule has 1 unspecified atom stereocenters. The van der Waals surface area contributed by atoms with Crippen molar-refractivity contribution in [2.75, 3.05) is 0 Å². The molecule has 0 saturated carbocycles. The molecule has 0 bridgehead atoms. The van der Waals surface area contributed by atoms with Gasteiger partial charge in [-0.05, 0) is 30.7 Å². The molecule has 3 rings (SSSR count). The SMILES string of the molecule is CCCCC(C(=O)O)N1C(=O)/C(=C\c2ccc(-c3ccccc3F)o2)SC1=S. The monoisotopic (exact) mass is 419 g/mol. The molecule has 0 radical (unpaired) electrons. The fraction of sp³-hybridized carbons (Fsp3) is 0.250. The molecule has 1 atom stereocenters. The highest BCUT2D eigenvalue weighted by atomic mass is 32.2. The summed E-state index contributed by atoms with van der Waals surface area (Å²) in [5.41, 5.74) is 0.320. The molecule has 0 spiro atoms. The Balaban J connectivity index is 1.84. The summed E-state index contributed by atoms with van der Waals surface area (Å²) in [6.07, 6.45) is 3.34. The van der Waals surface area contributed by atoms with Crippen molar-refractivity contribution in [3.8, 4) is 11.3 Å². The first-order chi connectivity index (χ1) is 13.4. The second kappa shape index (κ2) is 8.70. The van der Waals surface area contributed by atoms with E-state index < -0.39 is 23.7 Å². The van der Waals surface area contributed by atoms with Crippen LogP contribution in [0.3, 0.4) is 0 Å². The van der Waals surface area contributed by atoms with Gasteiger partial charge in [0.2, 0.25) is 0 Å². The molecule has 1 aliphatic rings. The zero-order valence-corrected chi connectivity index (χ0v) is 16.7. The number of thiocarbonyl (C=S) groups is 1. The van der Waals surface area contributed by atoms with Gasteiger partial charge in [0.05, 0.1) is 10.5 Å². The van der Waals surface area contributed by atoms with Crippen LogP contribution in [0.15, 0.2) is 45.7 Å². The molecule has 1 amide bonds. The first-order valence-corrected chi connectivity index (χ1v) is 9.99. The average Bonchev–Trinajstić information content (AvgIpc) is 3.22. The highest BCUT2D eigenvalue weighted by Gasteiger charge is 2.40. The predicted octanol–water partition coefficient (Wildman–Crippen LogP) is 4.93. The lowest BCUT2D eigenvalue weighted by atomic mass is 10.1. The maximum Gasteiger partial charge on any atom is 0.326 e. The number of halogens is 1. The topological polar surface area (TPSA) is 70.8 Å². The van der Waals surface area contributed by atoms with Crippen molar-refractivity contribution >= 4 is 46.3 Å². The van der Waals surface area contributed by atoms with Crippen LogP contribution in [0.1, 0.15) is 31.9 Å². The average molecular weight is 419 g/mol. The second-order valence-electron chi connectivity index (χ2n) is 6.23. The lowest BCUT2D eigenvalue weighted by Crippen LogP contribution is -2.43. The number of carbonyl (C=O) groups is 2. The summed E-state index contributed by atoms with van der Waals surface area (Å²) >= 11 is 6.27. The van der Waals surface area contributed by atoms with Crippen molar-refractivity contribution < 1.29 is 23.5 Å². The number of benzene rings is 1. The van der Waals surface area contributed by atoms with Crippen molar-refractivity contribution in [3.63, 3.8) is 0 Å². The Bertz CT molecular complexity index is 953. The number of aliphatic carboxylic acids is 1. The number of carbonyl (C=O) groups excluding carboxylic acids is 1. The minimum atomic E-state index is -1.08. The lowest BCUT2D eigenvalue weighted by Gasteiger charge is -2.22. The summed E-state index contributed by atoms with van der Waals surface area (Å²) < 4.78 is 19.8. The summed E-state index contributed by atoms with van der Waals surface area (Å²) in [6.45, 7) is 1.95. The summed E-state index contributed by atoms with van der Waals surface area (Å²) in [5.74, 6) is -1.24. The number of furan rings is 1. The summed E-state index contributed by atoms with van der Waals surface area (Å²) in [7, 11) is 0. The van der Waals surface area contributed by atoms with Gasteiger partial charge in [0.1, 0.15) is 27.7 Å². The number of nitrogens with zero attached hydrogens (tertiary/aromatic N) is 1. The Morgan fingerprint density at radius 1 is 1.36 bits per heavy atom. The van der Waals surface area contributed by atoms with E-state index in [-0.39, 0.29) is 9.23 Å². The minimum absolute atomic E-state index is 0.209. The molecule has 28 heavy (non-hydrogen) atoms. The minimum Gasteiger partial charge on any atom is -0.480 e. The highest BCUT2D eigenvalue weighted by Crippen LogP contribution is 2.36. The van der Waals surface area contributed by atoms with Gasteiger partial charge in [-0.25, -0.2) is 9.18 Å². The summed E-state index contributed by atoms with van der Waals surface area (Å²) in [6, 6.07) is 8.49. The van der Waals surface area contributed by atoms with E-state index in [2.05, 4.69) is 0 Å². The Hall–Kier alpha value is -2.45. The van der Waals surface area contributed by atoms with E-state index in [4.69, 9.17) is 16.6 Å². The molecule has 1 N–H and O–H groups in total. The van der Waals surface area contributed by atoms with E-state index in [1.165, 1.54) is 12.1 Å². The van der Waals surface area contributed by atoms with Gasteiger partial charge in [-0.1, -0.05) is 55.9 Å². The Labute approximate surface area is 171 Å². The Morgan fingerprint density at radius 3 is 2.79 bits per heavy atom. The fourth-order valence-electron chi connectivity index (χ4n) is 2.87. The van der Waals surface area contributed by atoms with E-state index in [1.807, 2.05) is 6.92 Å². The Morgan fingerprint density at radius 2 is 2.11 bits per heavy atom. The van der Waals surface area contributed by atoms with Gasteiger partial charge < -0.3 is 9.52 Å². The van der Waals surface area contributed by atoms with Crippen LogP contribution in [0.25, 0.3) is 17.4 Å². The number of hydrogen-bond donors (Lipinski definition) is 1. The molecule has 1 aromatic carbocycles. The maximum atomic E-state index is 13.9. The molecular weight excluding hydrogens is 401 g/mol. The summed E-state index contributed by atoms with van der Waals surface area (Å²) in [4.78, 5) is 25.8. The number of rotatable bonds is 7. The molecule has 1 saturated heterocycles. The van der Waals surface area contributed by atoms with E-state index in [1.54, 1.807) is 30.3 Å². The van der Waals surface area contributed by atoms with Gasteiger partial charge in [0, 0.05) is 6.08 Å². The quantitative estimate of drug-likeness (QED) is 0.507. The largest absolute Gasteiger partial charge is 0.480 e. The molecule has 146 valence electrons. The van der Waals surface area contributed by atoms with Crippen LogP contribution in [0.5, 0.6) is 0 Å². The normalized spacial score (nSPS) is 16.8. The van der Waals surface area contributed by atoms with Crippen LogP contribution < -0.4 is 0 Å². The van der Waals surface area contributed by atoms with Crippen LogP contribution in [-0.2, 0) is 9.59 Å². The molecule has 1 aliphatic heterocycles. The van der Waals surface area contributed by atoms with Crippen molar-refractivity contribution in [1.82, 2.24) is 4.90 Å². The third kappa shape index (κ3) is 4.18. The van der Waals surface area contributed by atoms with Gasteiger partial charge in [-0.15, -0.1) is 0 Å². The molecule has 1 aromatic heterocycles. The molecular formula is C20H18FNO4S2. The van der Waals surface area contributed by atoms with E-state index in [0.29, 0.717) is 29.9 Å². The van der Waals surface area contributed by atoms with E-state index >= 15 is 0 Å². The smallest absolute Gasteiger partial charge is 0.326 e. The van der Waals surface area contributed by atoms with Crippen LogP contribution in [0.4, 0.5) is 4.39 Å². The summed E-state index contributed by atoms with van der Waals surface area (Å²) in [5, 5.41) is 9.49. The van der Waals surface area contributed by atoms with Gasteiger partial charge >= 0.3 is 5.97 Å². The van der Waals surface area contributed by atoms with Crippen molar-refractivity contribution in [3.05, 3.63) is 52.9 Å². The number of hydrogen-bond acceptors (Lipinski definition) is 5. The Kier molecular flexibility index (Phi) is 6.31. The molecule has 5 nitrogen and oxygen atoms in total. The number of unbranched alkanes of at least 4 members (excludes halogenated alkanes) is 1. The van der Waals surface area contributed by atoms with Crippen LogP contribution in [0.2, 0.25) is 0 Å². The number of carboxylic acids is 1. The molecule has 2 aromatic rings. The predicted molar refractivity (Wildman–Crippen MR) is 110 cm³/mol. The number of thioether (sulfide) groups is 1. The zero-order valence-electron chi connectivity index (χ0n) is 15.1. The first-order valence-electron chi connectivity index (χ1n) is 8.77. The van der Waals surface area contributed by atoms with Crippen LogP contribution in [-0.4, -0.2) is 32.2 Å². The molecule has 8 heteroatoms. The third-order valence-corrected chi connectivity index (χ3v) is 5.62. The number of carboxylic acid groups (broad SMARTS) is 1. The van der Waals surface area contributed by atoms with Gasteiger partial charge in [0.15, 0.2) is 0 Å². The van der Waals surface area contributed by atoms with Gasteiger partial charge in [0.25, 0.3) is 5.91 Å². The second-order valence-corrected chi connectivity index (χ2v) is 7.91. The van der Waals surface area contributed by atoms with E-state index in [0.717, 1.165) is 23.1 Å². The molecule has 1 fully saturated rings. The lowest BCUT2D eigenvalue weighted by molar-refractivity contribution is -0.145. The van der Waals surface area contributed by atoms with Crippen molar-refractivity contribution in [2.24, 2.45) is 0 Å². The highest BCUT2D eigenvalue weighted by molar-refractivity contribution is 8.26. The van der Waals surface area contributed by atoms with Crippen LogP contribution >= 0.6 is 24.0 Å². The number of amides is 1. The molecule has 2 heterocycles. The van der Waals surface area contributed by atoms with Crippen molar-refractivity contribution in [1.29, 1.82) is 0 Å². The van der Waals surface area contributed by atoms with Crippen molar-refractivity contribution in [2.45, 2.75) is 32.2 Å². The van der Waals surface area contributed by atoms with E-state index in [9.17, 15) is 19.1 Å². The fourth-order valence-corrected chi connectivity index (χ4v) is 4.21. The maximum absolute atomic E-state index is 13.9. The zero-order chi connectivity index (χ0) is 20.3. The van der Waals surface area contributed by atoms with Gasteiger partial charge in [-0.2, -0.15) is 0 Å². The first kappa shape index (κ1) is 20.3. The third-order valence-electron chi connectivity index (χ3n) is 4.29.